The second kappa shape index (κ2) is 5.58. The smallest absolute Gasteiger partial charge is 0.403 e. The molecule has 19 heavy (non-hydrogen) atoms. The fourth-order valence-corrected chi connectivity index (χ4v) is 1.36. The standard InChI is InChI=1S/C12H9N3O4/c16-12(14-11-7-3-4-8-13-11)19-10-6-2-1-5-9(10)15(17)18/h1-8H,(H,13,14,16). The number of rotatable bonds is 3. The highest BCUT2D eigenvalue weighted by atomic mass is 16.6. The van der Waals surface area contributed by atoms with E-state index in [2.05, 4.69) is 10.3 Å². The van der Waals surface area contributed by atoms with Crippen LogP contribution >= 0.6 is 0 Å². The topological polar surface area (TPSA) is 94.4 Å². The molecule has 1 N–H and O–H groups in total. The van der Waals surface area contributed by atoms with Crippen molar-refractivity contribution in [3.05, 3.63) is 58.8 Å². The summed E-state index contributed by atoms with van der Waals surface area (Å²) >= 11 is 0. The van der Waals surface area contributed by atoms with Crippen molar-refractivity contribution in [2.45, 2.75) is 0 Å². The predicted molar refractivity (Wildman–Crippen MR) is 67.0 cm³/mol. The maximum Gasteiger partial charge on any atom is 0.418 e. The summed E-state index contributed by atoms with van der Waals surface area (Å²) in [4.78, 5) is 25.6. The van der Waals surface area contributed by atoms with Crippen molar-refractivity contribution in [2.24, 2.45) is 0 Å². The number of nitro benzene ring substituents is 1. The van der Waals surface area contributed by atoms with Gasteiger partial charge in [-0.3, -0.25) is 15.4 Å². The van der Waals surface area contributed by atoms with Crippen molar-refractivity contribution in [1.82, 2.24) is 4.98 Å². The summed E-state index contributed by atoms with van der Waals surface area (Å²) in [5.41, 5.74) is -0.279. The molecule has 7 nitrogen and oxygen atoms in total. The largest absolute Gasteiger partial charge is 0.418 e. The van der Waals surface area contributed by atoms with Crippen LogP contribution in [0.4, 0.5) is 16.3 Å². The average molecular weight is 259 g/mol. The molecule has 7 heteroatoms. The summed E-state index contributed by atoms with van der Waals surface area (Å²) in [6.45, 7) is 0. The molecule has 0 spiro atoms. The number of pyridine rings is 1. The number of anilines is 1. The summed E-state index contributed by atoms with van der Waals surface area (Å²) in [7, 11) is 0. The van der Waals surface area contributed by atoms with Gasteiger partial charge in [-0.15, -0.1) is 0 Å². The Labute approximate surface area is 108 Å². The Kier molecular flexibility index (Phi) is 3.67. The fraction of sp³-hybridized carbons (Fsp3) is 0. The molecule has 0 saturated heterocycles. The molecular formula is C12H9N3O4. The molecule has 0 aliphatic carbocycles. The molecule has 2 aromatic rings. The molecular weight excluding hydrogens is 250 g/mol. The highest BCUT2D eigenvalue weighted by molar-refractivity contribution is 5.85. The van der Waals surface area contributed by atoms with Crippen molar-refractivity contribution in [1.29, 1.82) is 0 Å². The molecule has 1 aromatic carbocycles. The summed E-state index contributed by atoms with van der Waals surface area (Å²) in [5, 5.41) is 13.1. The lowest BCUT2D eigenvalue weighted by atomic mass is 10.3. The maximum atomic E-state index is 11.6. The summed E-state index contributed by atoms with van der Waals surface area (Å²) in [6, 6.07) is 10.6. The maximum absolute atomic E-state index is 11.6. The monoisotopic (exact) mass is 259 g/mol. The van der Waals surface area contributed by atoms with E-state index >= 15 is 0 Å². The van der Waals surface area contributed by atoms with Crippen molar-refractivity contribution >= 4 is 17.6 Å². The lowest BCUT2D eigenvalue weighted by Gasteiger charge is -2.05. The van der Waals surface area contributed by atoms with E-state index in [-0.39, 0.29) is 11.4 Å². The van der Waals surface area contributed by atoms with E-state index in [9.17, 15) is 14.9 Å². The normalized spacial score (nSPS) is 9.68. The number of ether oxygens (including phenoxy) is 1. The van der Waals surface area contributed by atoms with Gasteiger partial charge in [0.05, 0.1) is 4.92 Å². The van der Waals surface area contributed by atoms with Crippen LogP contribution in [0.5, 0.6) is 5.75 Å². The second-order valence-electron chi connectivity index (χ2n) is 3.45. The fourth-order valence-electron chi connectivity index (χ4n) is 1.36. The van der Waals surface area contributed by atoms with Gasteiger partial charge in [-0.05, 0) is 18.2 Å². The molecule has 0 radical (unpaired) electrons. The van der Waals surface area contributed by atoms with E-state index in [1.54, 1.807) is 18.2 Å². The molecule has 0 bridgehead atoms. The Morgan fingerprint density at radius 2 is 1.95 bits per heavy atom. The van der Waals surface area contributed by atoms with E-state index in [0.717, 1.165) is 0 Å². The Balaban J connectivity index is 2.09. The molecule has 0 saturated carbocycles. The molecule has 96 valence electrons. The van der Waals surface area contributed by atoms with Crippen LogP contribution < -0.4 is 10.1 Å². The Hall–Kier alpha value is -2.96. The number of carbonyl (C=O) groups excluding carboxylic acids is 1. The number of amides is 1. The van der Waals surface area contributed by atoms with Crippen molar-refractivity contribution < 1.29 is 14.5 Å². The quantitative estimate of drug-likeness (QED) is 0.675. The van der Waals surface area contributed by atoms with E-state index in [4.69, 9.17) is 4.74 Å². The molecule has 1 aromatic heterocycles. The highest BCUT2D eigenvalue weighted by Gasteiger charge is 2.17. The van der Waals surface area contributed by atoms with Gasteiger partial charge in [-0.1, -0.05) is 18.2 Å². The molecule has 0 aliphatic heterocycles. The van der Waals surface area contributed by atoms with Crippen LogP contribution in [0.25, 0.3) is 0 Å². The van der Waals surface area contributed by atoms with E-state index in [1.165, 1.54) is 30.5 Å². The number of benzene rings is 1. The third-order valence-electron chi connectivity index (χ3n) is 2.16. The van der Waals surface area contributed by atoms with Gasteiger partial charge in [-0.25, -0.2) is 9.78 Å². The molecule has 2 rings (SSSR count). The summed E-state index contributed by atoms with van der Waals surface area (Å²) < 4.78 is 4.88. The zero-order valence-electron chi connectivity index (χ0n) is 9.65. The van der Waals surface area contributed by atoms with Crippen LogP contribution in [0, 0.1) is 10.1 Å². The number of hydrogen-bond donors (Lipinski definition) is 1. The van der Waals surface area contributed by atoms with Crippen LogP contribution in [0.2, 0.25) is 0 Å². The van der Waals surface area contributed by atoms with Crippen LogP contribution in [-0.4, -0.2) is 16.0 Å². The summed E-state index contributed by atoms with van der Waals surface area (Å²) in [6.07, 6.45) is 0.661. The molecule has 0 aliphatic rings. The van der Waals surface area contributed by atoms with Gasteiger partial charge < -0.3 is 4.74 Å². The van der Waals surface area contributed by atoms with Gasteiger partial charge in [0.1, 0.15) is 5.82 Å². The number of nitro groups is 1. The third kappa shape index (κ3) is 3.25. The SMILES string of the molecule is O=C(Nc1ccccn1)Oc1ccccc1[N+](=O)[O-]. The molecule has 0 unspecified atom stereocenters. The average Bonchev–Trinajstić information content (AvgIpc) is 2.40. The number of nitrogens with one attached hydrogen (secondary N) is 1. The van der Waals surface area contributed by atoms with Crippen LogP contribution in [0.3, 0.4) is 0 Å². The van der Waals surface area contributed by atoms with E-state index in [0.29, 0.717) is 5.82 Å². The van der Waals surface area contributed by atoms with Crippen molar-refractivity contribution in [2.75, 3.05) is 5.32 Å². The number of nitrogens with zero attached hydrogens (tertiary/aromatic N) is 2. The lowest BCUT2D eigenvalue weighted by molar-refractivity contribution is -0.385. The number of carbonyl (C=O) groups is 1. The first-order valence-electron chi connectivity index (χ1n) is 5.30. The Morgan fingerprint density at radius 1 is 1.21 bits per heavy atom. The first-order valence-corrected chi connectivity index (χ1v) is 5.30. The van der Waals surface area contributed by atoms with Crippen LogP contribution in [-0.2, 0) is 0 Å². The number of para-hydroxylation sites is 2. The summed E-state index contributed by atoms with van der Waals surface area (Å²) in [5.74, 6) is 0.173. The zero-order chi connectivity index (χ0) is 13.7. The van der Waals surface area contributed by atoms with Gasteiger partial charge in [0.25, 0.3) is 0 Å². The minimum Gasteiger partial charge on any atom is -0.403 e. The van der Waals surface area contributed by atoms with Gasteiger partial charge in [0.2, 0.25) is 5.75 Å². The first kappa shape index (κ1) is 12.5. The lowest BCUT2D eigenvalue weighted by Crippen LogP contribution is -2.17. The highest BCUT2D eigenvalue weighted by Crippen LogP contribution is 2.26. The predicted octanol–water partition coefficient (Wildman–Crippen LogP) is 2.60. The molecule has 1 amide bonds. The van der Waals surface area contributed by atoms with Crippen molar-refractivity contribution in [3.63, 3.8) is 0 Å². The third-order valence-corrected chi connectivity index (χ3v) is 2.16. The van der Waals surface area contributed by atoms with Gasteiger partial charge in [0, 0.05) is 12.3 Å². The Morgan fingerprint density at radius 3 is 2.63 bits per heavy atom. The van der Waals surface area contributed by atoms with Gasteiger partial charge >= 0.3 is 11.8 Å². The van der Waals surface area contributed by atoms with Crippen LogP contribution in [0.15, 0.2) is 48.7 Å². The van der Waals surface area contributed by atoms with Crippen molar-refractivity contribution in [3.8, 4) is 5.75 Å². The zero-order valence-corrected chi connectivity index (χ0v) is 9.65. The number of hydrogen-bond acceptors (Lipinski definition) is 5. The minimum atomic E-state index is -0.840. The van der Waals surface area contributed by atoms with E-state index < -0.39 is 11.0 Å². The molecule has 0 fully saturated rings. The minimum absolute atomic E-state index is 0.124. The van der Waals surface area contributed by atoms with Crippen LogP contribution in [0.1, 0.15) is 0 Å². The van der Waals surface area contributed by atoms with Gasteiger partial charge in [-0.2, -0.15) is 0 Å². The molecule has 0 atom stereocenters. The first-order chi connectivity index (χ1) is 9.16. The second-order valence-corrected chi connectivity index (χ2v) is 3.45. The van der Waals surface area contributed by atoms with E-state index in [1.807, 2.05) is 0 Å². The van der Waals surface area contributed by atoms with Gasteiger partial charge in [0.15, 0.2) is 0 Å². The Bertz CT molecular complexity index is 601. The number of aromatic nitrogens is 1. The molecule has 1 heterocycles.